The zero-order valence-corrected chi connectivity index (χ0v) is 11.2. The van der Waals surface area contributed by atoms with Gasteiger partial charge in [-0.15, -0.1) is 0 Å². The lowest BCUT2D eigenvalue weighted by Gasteiger charge is -2.13. The molecule has 2 nitrogen and oxygen atoms in total. The van der Waals surface area contributed by atoms with Gasteiger partial charge in [-0.3, -0.25) is 4.79 Å². The second kappa shape index (κ2) is 5.27. The maximum absolute atomic E-state index is 13.5. The van der Waals surface area contributed by atoms with Crippen LogP contribution in [0.5, 0.6) is 0 Å². The molecule has 0 N–H and O–H groups in total. The van der Waals surface area contributed by atoms with Gasteiger partial charge in [0.2, 0.25) is 0 Å². The van der Waals surface area contributed by atoms with E-state index >= 15 is 0 Å². The van der Waals surface area contributed by atoms with E-state index in [2.05, 4.69) is 15.9 Å². The Morgan fingerprint density at radius 1 is 1.59 bits per heavy atom. The van der Waals surface area contributed by atoms with Crippen LogP contribution in [0.25, 0.3) is 0 Å². The minimum absolute atomic E-state index is 0.0352. The summed E-state index contributed by atoms with van der Waals surface area (Å²) in [5, 5.41) is 0. The minimum Gasteiger partial charge on any atom is -0.370 e. The number of halogens is 2. The van der Waals surface area contributed by atoms with E-state index in [4.69, 9.17) is 4.74 Å². The van der Waals surface area contributed by atoms with Gasteiger partial charge in [-0.2, -0.15) is 0 Å². The van der Waals surface area contributed by atoms with Crippen LogP contribution in [0.2, 0.25) is 0 Å². The third-order valence-corrected chi connectivity index (χ3v) is 3.57. The van der Waals surface area contributed by atoms with Gasteiger partial charge >= 0.3 is 0 Å². The van der Waals surface area contributed by atoms with Crippen LogP contribution in [0.4, 0.5) is 4.39 Å². The third kappa shape index (κ3) is 2.93. The number of ketones is 1. The fourth-order valence-electron chi connectivity index (χ4n) is 2.07. The second-order valence-electron chi connectivity index (χ2n) is 4.44. The van der Waals surface area contributed by atoms with Gasteiger partial charge in [0.1, 0.15) is 11.9 Å². The van der Waals surface area contributed by atoms with Gasteiger partial charge in [-0.25, -0.2) is 4.39 Å². The summed E-state index contributed by atoms with van der Waals surface area (Å²) in [5.74, 6) is -0.142. The van der Waals surface area contributed by atoms with Crippen LogP contribution in [0.15, 0.2) is 22.7 Å². The van der Waals surface area contributed by atoms with Crippen LogP contribution in [0, 0.1) is 11.7 Å². The smallest absolute Gasteiger partial charge is 0.166 e. The van der Waals surface area contributed by atoms with E-state index < -0.39 is 0 Å². The average molecular weight is 301 g/mol. The van der Waals surface area contributed by atoms with E-state index in [-0.39, 0.29) is 30.0 Å². The molecular formula is C13H14BrFO2. The summed E-state index contributed by atoms with van der Waals surface area (Å²) < 4.78 is 19.7. The maximum Gasteiger partial charge on any atom is 0.166 e. The second-order valence-corrected chi connectivity index (χ2v) is 5.35. The fraction of sp³-hybridized carbons (Fsp3) is 0.462. The Balaban J connectivity index is 2.10. The minimum atomic E-state index is -0.367. The van der Waals surface area contributed by atoms with Gasteiger partial charge in [0, 0.05) is 17.5 Å². The third-order valence-electron chi connectivity index (χ3n) is 3.08. The Morgan fingerprint density at radius 3 is 3.00 bits per heavy atom. The number of carbonyl (C=O) groups excluding carboxylic acids is 1. The molecule has 1 aliphatic heterocycles. The van der Waals surface area contributed by atoms with Gasteiger partial charge in [0.05, 0.1) is 0 Å². The number of hydrogen-bond acceptors (Lipinski definition) is 2. The molecule has 0 radical (unpaired) electrons. The number of ether oxygens (including phenoxy) is 1. The number of carbonyl (C=O) groups is 1. The molecule has 0 spiro atoms. The van der Waals surface area contributed by atoms with Crippen molar-refractivity contribution in [3.05, 3.63) is 34.1 Å². The molecule has 1 aromatic rings. The molecule has 1 saturated heterocycles. The summed E-state index contributed by atoms with van der Waals surface area (Å²) in [7, 11) is 0. The van der Waals surface area contributed by atoms with Gasteiger partial charge < -0.3 is 4.74 Å². The van der Waals surface area contributed by atoms with Gasteiger partial charge in [0.15, 0.2) is 5.78 Å². The predicted molar refractivity (Wildman–Crippen MR) is 66.3 cm³/mol. The first-order valence-electron chi connectivity index (χ1n) is 5.66. The van der Waals surface area contributed by atoms with Gasteiger partial charge in [0.25, 0.3) is 0 Å². The highest BCUT2D eigenvalue weighted by atomic mass is 79.9. The Kier molecular flexibility index (Phi) is 3.94. The molecule has 1 fully saturated rings. The molecule has 2 rings (SSSR count). The van der Waals surface area contributed by atoms with E-state index in [1.807, 2.05) is 6.92 Å². The van der Waals surface area contributed by atoms with Crippen molar-refractivity contribution >= 4 is 21.7 Å². The molecule has 4 heteroatoms. The zero-order chi connectivity index (χ0) is 12.4. The summed E-state index contributed by atoms with van der Waals surface area (Å²) >= 11 is 3.27. The van der Waals surface area contributed by atoms with E-state index in [9.17, 15) is 9.18 Å². The quantitative estimate of drug-likeness (QED) is 0.857. The number of hydrogen-bond donors (Lipinski definition) is 0. The molecule has 1 heterocycles. The monoisotopic (exact) mass is 300 g/mol. The predicted octanol–water partition coefficient (Wildman–Crippen LogP) is 3.12. The topological polar surface area (TPSA) is 26.3 Å². The molecule has 92 valence electrons. The molecule has 0 saturated carbocycles. The van der Waals surface area contributed by atoms with Crippen molar-refractivity contribution < 1.29 is 13.9 Å². The van der Waals surface area contributed by atoms with E-state index in [1.165, 1.54) is 6.07 Å². The molecule has 2 atom stereocenters. The van der Waals surface area contributed by atoms with Gasteiger partial charge in [-0.05, 0) is 36.1 Å². The van der Waals surface area contributed by atoms with Crippen molar-refractivity contribution in [2.24, 2.45) is 5.92 Å². The summed E-state index contributed by atoms with van der Waals surface area (Å²) in [6.07, 6.45) is 0.630. The summed E-state index contributed by atoms with van der Waals surface area (Å²) in [4.78, 5) is 12.0. The summed E-state index contributed by atoms with van der Waals surface area (Å²) in [6.45, 7) is 2.62. The largest absolute Gasteiger partial charge is 0.370 e. The number of benzene rings is 1. The van der Waals surface area contributed by atoms with Crippen molar-refractivity contribution in [3.8, 4) is 0 Å². The Hall–Kier alpha value is -0.740. The van der Waals surface area contributed by atoms with Crippen LogP contribution in [0.3, 0.4) is 0 Å². The SMILES string of the molecule is CC1CCOC1C(=O)Cc1cc(Br)ccc1F. The highest BCUT2D eigenvalue weighted by molar-refractivity contribution is 9.10. The van der Waals surface area contributed by atoms with Crippen LogP contribution in [0.1, 0.15) is 18.9 Å². The fourth-order valence-corrected chi connectivity index (χ4v) is 2.48. The van der Waals surface area contributed by atoms with Crippen LogP contribution in [-0.4, -0.2) is 18.5 Å². The van der Waals surface area contributed by atoms with Crippen molar-refractivity contribution in [2.45, 2.75) is 25.9 Å². The normalized spacial score (nSPS) is 23.9. The van der Waals surface area contributed by atoms with Crippen LogP contribution >= 0.6 is 15.9 Å². The first-order valence-corrected chi connectivity index (χ1v) is 6.45. The molecule has 17 heavy (non-hydrogen) atoms. The van der Waals surface area contributed by atoms with Crippen LogP contribution in [-0.2, 0) is 16.0 Å². The first-order chi connectivity index (χ1) is 8.08. The number of Topliss-reactive ketones (excluding diaryl/α,β-unsaturated/α-hetero) is 1. The van der Waals surface area contributed by atoms with Crippen molar-refractivity contribution in [1.82, 2.24) is 0 Å². The Bertz CT molecular complexity index is 433. The highest BCUT2D eigenvalue weighted by Crippen LogP contribution is 2.23. The van der Waals surface area contributed by atoms with E-state index in [0.29, 0.717) is 12.2 Å². The molecule has 0 bridgehead atoms. The maximum atomic E-state index is 13.5. The molecule has 2 unspecified atom stereocenters. The van der Waals surface area contributed by atoms with Crippen molar-refractivity contribution in [3.63, 3.8) is 0 Å². The molecule has 1 aliphatic rings. The van der Waals surface area contributed by atoms with E-state index in [0.717, 1.165) is 10.9 Å². The van der Waals surface area contributed by atoms with Crippen LogP contribution < -0.4 is 0 Å². The molecule has 0 aromatic heterocycles. The Morgan fingerprint density at radius 2 is 2.35 bits per heavy atom. The summed E-state index contributed by atoms with van der Waals surface area (Å²) in [5.41, 5.74) is 0.423. The van der Waals surface area contributed by atoms with Crippen molar-refractivity contribution in [2.75, 3.05) is 6.61 Å². The standard InChI is InChI=1S/C13H14BrFO2/c1-8-4-5-17-13(8)12(16)7-9-6-10(14)2-3-11(9)15/h2-3,6,8,13H,4-5,7H2,1H3. The lowest BCUT2D eigenvalue weighted by atomic mass is 9.96. The molecular weight excluding hydrogens is 287 g/mol. The van der Waals surface area contributed by atoms with E-state index in [1.54, 1.807) is 12.1 Å². The Labute approximate surface area is 108 Å². The molecule has 0 aliphatic carbocycles. The lowest BCUT2D eigenvalue weighted by molar-refractivity contribution is -0.128. The zero-order valence-electron chi connectivity index (χ0n) is 9.58. The molecule has 1 aromatic carbocycles. The molecule has 0 amide bonds. The van der Waals surface area contributed by atoms with Crippen molar-refractivity contribution in [1.29, 1.82) is 0 Å². The average Bonchev–Trinajstić information content (AvgIpc) is 2.70. The number of rotatable bonds is 3. The first kappa shape index (κ1) is 12.7. The lowest BCUT2D eigenvalue weighted by Crippen LogP contribution is -2.27. The summed E-state index contributed by atoms with van der Waals surface area (Å²) in [6, 6.07) is 4.64. The van der Waals surface area contributed by atoms with Gasteiger partial charge in [-0.1, -0.05) is 22.9 Å². The highest BCUT2D eigenvalue weighted by Gasteiger charge is 2.30.